The number of hydrogen-bond donors (Lipinski definition) is 0. The first-order chi connectivity index (χ1) is 12.2. The molecule has 0 aromatic carbocycles. The average molecular weight is 377 g/mol. The van der Waals surface area contributed by atoms with Crippen LogP contribution in [0.15, 0.2) is 15.7 Å². The summed E-state index contributed by atoms with van der Waals surface area (Å²) in [6.45, 7) is 5.23. The van der Waals surface area contributed by atoms with E-state index in [0.29, 0.717) is 16.9 Å². The number of tetrazole rings is 1. The molecule has 3 heterocycles. The van der Waals surface area contributed by atoms with Crippen LogP contribution in [0.2, 0.25) is 0 Å². The van der Waals surface area contributed by atoms with E-state index in [4.69, 9.17) is 4.42 Å². The summed E-state index contributed by atoms with van der Waals surface area (Å²) in [6.07, 6.45) is 4.58. The molecule has 0 unspecified atom stereocenters. The first-order valence-electron chi connectivity index (χ1n) is 8.56. The smallest absolute Gasteiger partial charge is 0.277 e. The van der Waals surface area contributed by atoms with E-state index in [0.717, 1.165) is 42.4 Å². The van der Waals surface area contributed by atoms with Gasteiger partial charge in [0.1, 0.15) is 0 Å². The predicted octanol–water partition coefficient (Wildman–Crippen LogP) is 3.61. The van der Waals surface area contributed by atoms with Crippen LogP contribution in [0.3, 0.4) is 0 Å². The van der Waals surface area contributed by atoms with Crippen molar-refractivity contribution in [2.45, 2.75) is 57.1 Å². The molecule has 0 amide bonds. The lowest BCUT2D eigenvalue weighted by Crippen LogP contribution is -2.07. The zero-order chi connectivity index (χ0) is 17.2. The Bertz CT molecular complexity index is 855. The van der Waals surface area contributed by atoms with Crippen LogP contribution in [0, 0.1) is 5.92 Å². The molecule has 1 atom stereocenters. The summed E-state index contributed by atoms with van der Waals surface area (Å²) in [4.78, 5) is 2.55. The third kappa shape index (κ3) is 3.62. The first kappa shape index (κ1) is 16.7. The van der Waals surface area contributed by atoms with E-state index in [-0.39, 0.29) is 0 Å². The second kappa shape index (κ2) is 7.25. The average Bonchev–Trinajstić information content (AvgIpc) is 3.32. The van der Waals surface area contributed by atoms with E-state index >= 15 is 0 Å². The molecule has 4 rings (SSSR count). The highest BCUT2D eigenvalue weighted by Crippen LogP contribution is 2.37. The van der Waals surface area contributed by atoms with E-state index in [1.165, 1.54) is 28.6 Å². The second-order valence-electron chi connectivity index (χ2n) is 6.39. The fraction of sp³-hybridized carbons (Fsp3) is 0.562. The van der Waals surface area contributed by atoms with Crippen LogP contribution >= 0.6 is 23.1 Å². The number of aryl methyl sites for hydroxylation is 2. The van der Waals surface area contributed by atoms with Crippen LogP contribution in [-0.4, -0.2) is 30.4 Å². The topological polar surface area (TPSA) is 82.5 Å². The number of rotatable bonds is 6. The fourth-order valence-corrected chi connectivity index (χ4v) is 4.84. The molecule has 0 saturated heterocycles. The lowest BCUT2D eigenvalue weighted by atomic mass is 9.90. The van der Waals surface area contributed by atoms with Crippen LogP contribution in [0.1, 0.15) is 43.0 Å². The molecule has 3 aromatic heterocycles. The molecule has 0 fully saturated rings. The Morgan fingerprint density at radius 2 is 2.28 bits per heavy atom. The van der Waals surface area contributed by atoms with Crippen molar-refractivity contribution in [3.8, 4) is 10.8 Å². The maximum Gasteiger partial charge on any atom is 0.277 e. The molecule has 132 valence electrons. The number of fused-ring (bicyclic) bond motifs is 1. The molecule has 3 aromatic rings. The van der Waals surface area contributed by atoms with Gasteiger partial charge in [0.15, 0.2) is 5.82 Å². The molecule has 9 heteroatoms. The Hall–Kier alpha value is -1.74. The highest BCUT2D eigenvalue weighted by molar-refractivity contribution is 7.98. The van der Waals surface area contributed by atoms with Gasteiger partial charge in [-0.25, -0.2) is 4.68 Å². The summed E-state index contributed by atoms with van der Waals surface area (Å²) in [5.41, 5.74) is 1.45. The van der Waals surface area contributed by atoms with Crippen molar-refractivity contribution in [2.75, 3.05) is 0 Å². The van der Waals surface area contributed by atoms with E-state index in [1.807, 2.05) is 4.68 Å². The Kier molecular flexibility index (Phi) is 4.85. The molecule has 1 aliphatic rings. The summed E-state index contributed by atoms with van der Waals surface area (Å²) in [5.74, 6) is 2.82. The zero-order valence-corrected chi connectivity index (χ0v) is 15.9. The maximum atomic E-state index is 5.85. The van der Waals surface area contributed by atoms with E-state index in [9.17, 15) is 0 Å². The van der Waals surface area contributed by atoms with Crippen molar-refractivity contribution in [1.29, 1.82) is 0 Å². The van der Waals surface area contributed by atoms with Crippen LogP contribution in [-0.2, 0) is 25.1 Å². The standard InChI is InChI=1S/C16H20N6OS2/c1-3-6-22-14(17-20-21-22)9-24-16-19-18-15(23-16)13-8-11-7-10(2)4-5-12(11)25-13/h8,10H,3-7,9H2,1-2H3/t10-/m1/s1. The monoisotopic (exact) mass is 376 g/mol. The van der Waals surface area contributed by atoms with Gasteiger partial charge in [-0.1, -0.05) is 25.6 Å². The molecule has 0 N–H and O–H groups in total. The Morgan fingerprint density at radius 3 is 3.16 bits per heavy atom. The van der Waals surface area contributed by atoms with Gasteiger partial charge in [0.25, 0.3) is 11.1 Å². The highest BCUT2D eigenvalue weighted by Gasteiger charge is 2.21. The van der Waals surface area contributed by atoms with E-state index in [1.54, 1.807) is 11.3 Å². The fourth-order valence-electron chi connectivity index (χ4n) is 3.02. The molecule has 0 spiro atoms. The molecule has 7 nitrogen and oxygen atoms in total. The van der Waals surface area contributed by atoms with Gasteiger partial charge >= 0.3 is 0 Å². The lowest BCUT2D eigenvalue weighted by molar-refractivity contribution is 0.466. The Labute approximate surface area is 154 Å². The van der Waals surface area contributed by atoms with Crippen molar-refractivity contribution in [3.05, 3.63) is 22.3 Å². The minimum absolute atomic E-state index is 0.556. The quantitative estimate of drug-likeness (QED) is 0.608. The minimum atomic E-state index is 0.556. The van der Waals surface area contributed by atoms with Crippen molar-refractivity contribution in [3.63, 3.8) is 0 Å². The molecule has 0 aliphatic heterocycles. The van der Waals surface area contributed by atoms with Crippen molar-refractivity contribution in [1.82, 2.24) is 30.4 Å². The Balaban J connectivity index is 1.45. The second-order valence-corrected chi connectivity index (χ2v) is 8.45. The molecular weight excluding hydrogens is 356 g/mol. The van der Waals surface area contributed by atoms with Gasteiger partial charge in [0, 0.05) is 11.4 Å². The summed E-state index contributed by atoms with van der Waals surface area (Å²) in [7, 11) is 0. The molecular formula is C16H20N6OS2. The van der Waals surface area contributed by atoms with Crippen molar-refractivity contribution < 1.29 is 4.42 Å². The molecule has 0 saturated carbocycles. The molecule has 1 aliphatic carbocycles. The number of thioether (sulfide) groups is 1. The normalized spacial score (nSPS) is 17.0. The highest BCUT2D eigenvalue weighted by atomic mass is 32.2. The number of hydrogen-bond acceptors (Lipinski definition) is 8. The zero-order valence-electron chi connectivity index (χ0n) is 14.3. The van der Waals surface area contributed by atoms with Gasteiger partial charge in [0.2, 0.25) is 0 Å². The lowest BCUT2D eigenvalue weighted by Gasteiger charge is -2.16. The van der Waals surface area contributed by atoms with E-state index in [2.05, 4.69) is 45.6 Å². The van der Waals surface area contributed by atoms with Crippen LogP contribution < -0.4 is 0 Å². The van der Waals surface area contributed by atoms with Gasteiger partial charge < -0.3 is 4.42 Å². The number of thiophene rings is 1. The van der Waals surface area contributed by atoms with Crippen molar-refractivity contribution >= 4 is 23.1 Å². The Morgan fingerprint density at radius 1 is 1.36 bits per heavy atom. The number of nitrogens with zero attached hydrogens (tertiary/aromatic N) is 6. The summed E-state index contributed by atoms with van der Waals surface area (Å²) in [6, 6.07) is 2.22. The van der Waals surface area contributed by atoms with Gasteiger partial charge in [-0.05, 0) is 53.7 Å². The molecule has 25 heavy (non-hydrogen) atoms. The minimum Gasteiger partial charge on any atom is -0.410 e. The maximum absolute atomic E-state index is 5.85. The summed E-state index contributed by atoms with van der Waals surface area (Å²) in [5, 5.41) is 20.7. The molecule has 0 bridgehead atoms. The summed E-state index contributed by atoms with van der Waals surface area (Å²) < 4.78 is 7.66. The van der Waals surface area contributed by atoms with E-state index < -0.39 is 0 Å². The third-order valence-electron chi connectivity index (χ3n) is 4.31. The van der Waals surface area contributed by atoms with Gasteiger partial charge in [-0.15, -0.1) is 26.6 Å². The molecule has 0 radical (unpaired) electrons. The SMILES string of the molecule is CCCn1nnnc1CSc1nnc(-c2cc3c(s2)CC[C@@H](C)C3)o1. The first-order valence-corrected chi connectivity index (χ1v) is 10.4. The number of aromatic nitrogens is 6. The predicted molar refractivity (Wildman–Crippen MR) is 96.5 cm³/mol. The van der Waals surface area contributed by atoms with Crippen LogP contribution in [0.4, 0.5) is 0 Å². The third-order valence-corrected chi connectivity index (χ3v) is 6.35. The summed E-state index contributed by atoms with van der Waals surface area (Å²) >= 11 is 3.26. The van der Waals surface area contributed by atoms with Crippen LogP contribution in [0.5, 0.6) is 0 Å². The van der Waals surface area contributed by atoms with Gasteiger partial charge in [-0.2, -0.15) is 0 Å². The van der Waals surface area contributed by atoms with Gasteiger partial charge in [-0.3, -0.25) is 0 Å². The largest absolute Gasteiger partial charge is 0.410 e. The van der Waals surface area contributed by atoms with Gasteiger partial charge in [0.05, 0.1) is 10.6 Å². The van der Waals surface area contributed by atoms with Crippen LogP contribution in [0.25, 0.3) is 10.8 Å². The van der Waals surface area contributed by atoms with Crippen molar-refractivity contribution in [2.24, 2.45) is 5.92 Å².